The van der Waals surface area contributed by atoms with Crippen molar-refractivity contribution in [3.63, 3.8) is 0 Å². The fourth-order valence-corrected chi connectivity index (χ4v) is 1.59. The fraction of sp³-hybridized carbons (Fsp3) is 0.231. The van der Waals surface area contributed by atoms with Crippen molar-refractivity contribution in [3.8, 4) is 5.82 Å². The van der Waals surface area contributed by atoms with E-state index in [2.05, 4.69) is 10.1 Å². The van der Waals surface area contributed by atoms with Crippen molar-refractivity contribution < 1.29 is 14.3 Å². The number of aldehydes is 1. The molecule has 0 N–H and O–H groups in total. The molecule has 6 nitrogen and oxygen atoms in total. The summed E-state index contributed by atoms with van der Waals surface area (Å²) in [4.78, 5) is 26.8. The maximum absolute atomic E-state index is 11.7. The van der Waals surface area contributed by atoms with Gasteiger partial charge in [0.25, 0.3) is 0 Å². The number of hydrogen-bond acceptors (Lipinski definition) is 5. The second-order valence-corrected chi connectivity index (χ2v) is 3.91. The van der Waals surface area contributed by atoms with Crippen molar-refractivity contribution in [2.24, 2.45) is 0 Å². The van der Waals surface area contributed by atoms with Gasteiger partial charge in [-0.1, -0.05) is 0 Å². The number of rotatable bonds is 4. The Morgan fingerprint density at radius 1 is 1.53 bits per heavy atom. The number of aryl methyl sites for hydroxylation is 1. The van der Waals surface area contributed by atoms with Gasteiger partial charge in [0.15, 0.2) is 17.8 Å². The lowest BCUT2D eigenvalue weighted by Gasteiger charge is -2.00. The fourth-order valence-electron chi connectivity index (χ4n) is 1.59. The molecule has 0 aromatic carbocycles. The maximum Gasteiger partial charge on any atom is 0.359 e. The Morgan fingerprint density at radius 2 is 2.32 bits per heavy atom. The summed E-state index contributed by atoms with van der Waals surface area (Å²) >= 11 is 0. The Bertz CT molecular complexity index is 619. The molecule has 0 aliphatic rings. The molecular weight excluding hydrogens is 246 g/mol. The molecule has 0 radical (unpaired) electrons. The van der Waals surface area contributed by atoms with Crippen molar-refractivity contribution in [1.82, 2.24) is 14.8 Å². The molecule has 2 aromatic heterocycles. The average Bonchev–Trinajstić information content (AvgIpc) is 2.83. The second-order valence-electron chi connectivity index (χ2n) is 3.91. The van der Waals surface area contributed by atoms with Gasteiger partial charge in [-0.2, -0.15) is 5.10 Å². The van der Waals surface area contributed by atoms with Gasteiger partial charge in [0.05, 0.1) is 12.2 Å². The van der Waals surface area contributed by atoms with Gasteiger partial charge in [-0.25, -0.2) is 14.5 Å². The lowest BCUT2D eigenvalue weighted by molar-refractivity contribution is 0.0517. The minimum atomic E-state index is -0.615. The van der Waals surface area contributed by atoms with Gasteiger partial charge in [-0.3, -0.25) is 4.79 Å². The molecule has 0 amide bonds. The van der Waals surface area contributed by atoms with Crippen molar-refractivity contribution in [2.45, 2.75) is 13.8 Å². The van der Waals surface area contributed by atoms with E-state index in [-0.39, 0.29) is 17.9 Å². The quantitative estimate of drug-likeness (QED) is 0.615. The molecule has 19 heavy (non-hydrogen) atoms. The number of esters is 1. The Hall–Kier alpha value is -2.50. The summed E-state index contributed by atoms with van der Waals surface area (Å²) in [5.74, 6) is -0.0744. The summed E-state index contributed by atoms with van der Waals surface area (Å²) in [5.41, 5.74) is 1.19. The van der Waals surface area contributed by atoms with Crippen LogP contribution in [0.4, 0.5) is 0 Å². The standard InChI is InChI=1S/C13H13N3O3/c1-3-19-13(18)12-10(8-17)7-16(15-12)11-6-9(2)4-5-14-11/h4-8H,3H2,1-2H3. The molecule has 98 valence electrons. The van der Waals surface area contributed by atoms with Crippen molar-refractivity contribution in [1.29, 1.82) is 0 Å². The van der Waals surface area contributed by atoms with Crippen LogP contribution in [0.1, 0.15) is 33.3 Å². The first kappa shape index (κ1) is 12.9. The molecule has 0 saturated heterocycles. The van der Waals surface area contributed by atoms with E-state index in [1.165, 1.54) is 10.9 Å². The van der Waals surface area contributed by atoms with Gasteiger partial charge in [0.2, 0.25) is 0 Å². The summed E-state index contributed by atoms with van der Waals surface area (Å²) in [6.07, 6.45) is 3.67. The Labute approximate surface area is 110 Å². The lowest BCUT2D eigenvalue weighted by Crippen LogP contribution is -2.08. The van der Waals surface area contributed by atoms with Crippen LogP contribution in [0.3, 0.4) is 0 Å². The number of carbonyl (C=O) groups excluding carboxylic acids is 2. The van der Waals surface area contributed by atoms with Gasteiger partial charge in [-0.15, -0.1) is 0 Å². The predicted octanol–water partition coefficient (Wildman–Crippen LogP) is 1.56. The molecule has 2 heterocycles. The highest BCUT2D eigenvalue weighted by molar-refractivity contribution is 5.96. The van der Waals surface area contributed by atoms with E-state index in [0.717, 1.165) is 5.56 Å². The number of hydrogen-bond donors (Lipinski definition) is 0. The number of nitrogens with zero attached hydrogens (tertiary/aromatic N) is 3. The first-order valence-electron chi connectivity index (χ1n) is 5.80. The van der Waals surface area contributed by atoms with Crippen LogP contribution in [0.5, 0.6) is 0 Å². The molecule has 0 atom stereocenters. The third kappa shape index (κ3) is 2.67. The minimum Gasteiger partial charge on any atom is -0.461 e. The lowest BCUT2D eigenvalue weighted by atomic mass is 10.3. The van der Waals surface area contributed by atoms with Gasteiger partial charge >= 0.3 is 5.97 Å². The molecule has 0 bridgehead atoms. The van der Waals surface area contributed by atoms with E-state index >= 15 is 0 Å². The normalized spacial score (nSPS) is 10.2. The molecule has 2 aromatic rings. The van der Waals surface area contributed by atoms with Crippen LogP contribution in [0.2, 0.25) is 0 Å². The van der Waals surface area contributed by atoms with E-state index in [0.29, 0.717) is 12.1 Å². The zero-order chi connectivity index (χ0) is 13.8. The van der Waals surface area contributed by atoms with Crippen LogP contribution in [0.15, 0.2) is 24.5 Å². The maximum atomic E-state index is 11.7. The third-order valence-corrected chi connectivity index (χ3v) is 2.47. The van der Waals surface area contributed by atoms with Crippen molar-refractivity contribution in [2.75, 3.05) is 6.61 Å². The Balaban J connectivity index is 2.44. The zero-order valence-corrected chi connectivity index (χ0v) is 10.7. The molecule has 0 aliphatic carbocycles. The van der Waals surface area contributed by atoms with Crippen LogP contribution in [-0.4, -0.2) is 33.6 Å². The Morgan fingerprint density at radius 3 is 2.95 bits per heavy atom. The second kappa shape index (κ2) is 5.43. The van der Waals surface area contributed by atoms with Gasteiger partial charge in [0, 0.05) is 12.4 Å². The molecular formula is C13H13N3O3. The summed E-state index contributed by atoms with van der Waals surface area (Å²) in [6.45, 7) is 3.84. The van der Waals surface area contributed by atoms with E-state index in [9.17, 15) is 9.59 Å². The van der Waals surface area contributed by atoms with E-state index in [1.807, 2.05) is 13.0 Å². The molecule has 0 fully saturated rings. The summed E-state index contributed by atoms with van der Waals surface area (Å²) in [6, 6.07) is 3.65. The number of pyridine rings is 1. The number of aromatic nitrogens is 3. The smallest absolute Gasteiger partial charge is 0.359 e. The highest BCUT2D eigenvalue weighted by atomic mass is 16.5. The molecule has 0 aliphatic heterocycles. The molecule has 0 spiro atoms. The Kier molecular flexibility index (Phi) is 3.70. The first-order valence-corrected chi connectivity index (χ1v) is 5.80. The average molecular weight is 259 g/mol. The first-order chi connectivity index (χ1) is 9.15. The van der Waals surface area contributed by atoms with Crippen molar-refractivity contribution >= 4 is 12.3 Å². The van der Waals surface area contributed by atoms with E-state index in [1.54, 1.807) is 19.2 Å². The summed E-state index contributed by atoms with van der Waals surface area (Å²) in [5, 5.41) is 4.06. The third-order valence-electron chi connectivity index (χ3n) is 2.47. The van der Waals surface area contributed by atoms with Gasteiger partial charge in [0.1, 0.15) is 0 Å². The van der Waals surface area contributed by atoms with Gasteiger partial charge in [-0.05, 0) is 31.5 Å². The monoisotopic (exact) mass is 259 g/mol. The minimum absolute atomic E-state index is 0.000145. The molecule has 0 saturated carbocycles. The van der Waals surface area contributed by atoms with Crippen LogP contribution in [0.25, 0.3) is 5.82 Å². The molecule has 6 heteroatoms. The molecule has 2 rings (SSSR count). The van der Waals surface area contributed by atoms with E-state index in [4.69, 9.17) is 4.74 Å². The van der Waals surface area contributed by atoms with Crippen molar-refractivity contribution in [3.05, 3.63) is 41.3 Å². The summed E-state index contributed by atoms with van der Waals surface area (Å²) < 4.78 is 6.24. The number of ether oxygens (including phenoxy) is 1. The number of carbonyl (C=O) groups is 2. The van der Waals surface area contributed by atoms with Crippen LogP contribution < -0.4 is 0 Å². The zero-order valence-electron chi connectivity index (χ0n) is 10.7. The van der Waals surface area contributed by atoms with Crippen LogP contribution in [0, 0.1) is 6.92 Å². The van der Waals surface area contributed by atoms with E-state index < -0.39 is 5.97 Å². The molecule has 0 unspecified atom stereocenters. The van der Waals surface area contributed by atoms with Crippen LogP contribution >= 0.6 is 0 Å². The van der Waals surface area contributed by atoms with Crippen LogP contribution in [-0.2, 0) is 4.74 Å². The largest absolute Gasteiger partial charge is 0.461 e. The highest BCUT2D eigenvalue weighted by Gasteiger charge is 2.18. The topological polar surface area (TPSA) is 74.1 Å². The van der Waals surface area contributed by atoms with Gasteiger partial charge < -0.3 is 4.74 Å². The summed E-state index contributed by atoms with van der Waals surface area (Å²) in [7, 11) is 0. The predicted molar refractivity (Wildman–Crippen MR) is 67.4 cm³/mol. The highest BCUT2D eigenvalue weighted by Crippen LogP contribution is 2.11. The SMILES string of the molecule is CCOC(=O)c1nn(-c2cc(C)ccn2)cc1C=O.